The number of halogens is 1. The van der Waals surface area contributed by atoms with Crippen LogP contribution in [0.4, 0.5) is 17.5 Å². The summed E-state index contributed by atoms with van der Waals surface area (Å²) in [6.45, 7) is 4.49. The molecule has 2 aromatic carbocycles. The van der Waals surface area contributed by atoms with Gasteiger partial charge in [-0.15, -0.1) is 0 Å². The van der Waals surface area contributed by atoms with E-state index in [0.29, 0.717) is 18.3 Å². The Bertz CT molecular complexity index is 1070. The fraction of sp³-hybridized carbons (Fsp3) is 0.200. The van der Waals surface area contributed by atoms with Crippen LogP contribution in [0.1, 0.15) is 11.3 Å². The standard InChI is InChI=1S/C20H22IN5O2S/c1-14-3-7-17(8-4-14)25-19-13-15(2)24-20(26-19)22-11-12-23-29(27,28)18-9-5-16(21)6-10-18/h3-10,13,23H,11-12H2,1-2H3,(H2,22,24,25,26). The molecule has 0 saturated heterocycles. The molecule has 1 heterocycles. The van der Waals surface area contributed by atoms with Crippen molar-refractivity contribution in [2.24, 2.45) is 0 Å². The lowest BCUT2D eigenvalue weighted by Crippen LogP contribution is -2.29. The highest BCUT2D eigenvalue weighted by atomic mass is 127. The summed E-state index contributed by atoms with van der Waals surface area (Å²) in [5, 5.41) is 6.31. The van der Waals surface area contributed by atoms with Gasteiger partial charge in [-0.3, -0.25) is 0 Å². The third kappa shape index (κ3) is 6.38. The van der Waals surface area contributed by atoms with E-state index in [1.807, 2.05) is 44.2 Å². The number of anilines is 3. The van der Waals surface area contributed by atoms with Gasteiger partial charge >= 0.3 is 0 Å². The van der Waals surface area contributed by atoms with E-state index < -0.39 is 10.0 Å². The lowest BCUT2D eigenvalue weighted by molar-refractivity contribution is 0.583. The van der Waals surface area contributed by atoms with Gasteiger partial charge < -0.3 is 10.6 Å². The Balaban J connectivity index is 1.57. The Morgan fingerprint density at radius 1 is 0.931 bits per heavy atom. The van der Waals surface area contributed by atoms with Gasteiger partial charge in [-0.2, -0.15) is 4.98 Å². The zero-order valence-electron chi connectivity index (χ0n) is 16.1. The number of nitrogens with zero attached hydrogens (tertiary/aromatic N) is 2. The predicted octanol–water partition coefficient (Wildman–Crippen LogP) is 3.83. The molecule has 0 unspecified atom stereocenters. The van der Waals surface area contributed by atoms with Gasteiger partial charge in [0.1, 0.15) is 5.82 Å². The van der Waals surface area contributed by atoms with Gasteiger partial charge in [0.05, 0.1) is 4.90 Å². The summed E-state index contributed by atoms with van der Waals surface area (Å²) >= 11 is 2.13. The number of hydrogen-bond donors (Lipinski definition) is 3. The number of benzene rings is 2. The number of nitrogens with one attached hydrogen (secondary N) is 3. The molecule has 152 valence electrons. The van der Waals surface area contributed by atoms with Gasteiger partial charge in [0.25, 0.3) is 0 Å². The van der Waals surface area contributed by atoms with Crippen LogP contribution < -0.4 is 15.4 Å². The first-order valence-corrected chi connectivity index (χ1v) is 11.6. The average molecular weight is 523 g/mol. The van der Waals surface area contributed by atoms with E-state index in [0.717, 1.165) is 15.0 Å². The molecule has 3 aromatic rings. The minimum atomic E-state index is -3.54. The molecule has 0 atom stereocenters. The molecule has 29 heavy (non-hydrogen) atoms. The highest BCUT2D eigenvalue weighted by Crippen LogP contribution is 2.17. The van der Waals surface area contributed by atoms with E-state index in [1.54, 1.807) is 24.3 Å². The molecule has 3 N–H and O–H groups in total. The first-order chi connectivity index (χ1) is 13.8. The third-order valence-electron chi connectivity index (χ3n) is 4.00. The Morgan fingerprint density at radius 3 is 2.31 bits per heavy atom. The van der Waals surface area contributed by atoms with Crippen molar-refractivity contribution in [3.05, 3.63) is 69.4 Å². The Labute approximate surface area is 184 Å². The molecule has 0 saturated carbocycles. The molecule has 0 bridgehead atoms. The number of aryl methyl sites for hydroxylation is 2. The summed E-state index contributed by atoms with van der Waals surface area (Å²) < 4.78 is 28.2. The summed E-state index contributed by atoms with van der Waals surface area (Å²) in [5.41, 5.74) is 2.92. The highest BCUT2D eigenvalue weighted by molar-refractivity contribution is 14.1. The first kappa shape index (κ1) is 21.5. The van der Waals surface area contributed by atoms with E-state index in [-0.39, 0.29) is 11.4 Å². The van der Waals surface area contributed by atoms with Crippen LogP contribution in [0.15, 0.2) is 59.5 Å². The van der Waals surface area contributed by atoms with Gasteiger partial charge in [-0.05, 0) is 72.8 Å². The average Bonchev–Trinajstić information content (AvgIpc) is 2.67. The summed E-state index contributed by atoms with van der Waals surface area (Å²) in [5.74, 6) is 1.11. The Kier molecular flexibility index (Phi) is 7.04. The Morgan fingerprint density at radius 2 is 1.62 bits per heavy atom. The van der Waals surface area contributed by atoms with E-state index >= 15 is 0 Å². The molecule has 0 aliphatic carbocycles. The summed E-state index contributed by atoms with van der Waals surface area (Å²) in [4.78, 5) is 9.04. The minimum Gasteiger partial charge on any atom is -0.353 e. The van der Waals surface area contributed by atoms with Crippen molar-refractivity contribution in [2.45, 2.75) is 18.7 Å². The summed E-state index contributed by atoms with van der Waals surface area (Å²) in [7, 11) is -3.54. The second-order valence-corrected chi connectivity index (χ2v) is 9.50. The van der Waals surface area contributed by atoms with Crippen LogP contribution in [-0.2, 0) is 10.0 Å². The summed E-state index contributed by atoms with van der Waals surface area (Å²) in [6.07, 6.45) is 0. The van der Waals surface area contributed by atoms with E-state index in [9.17, 15) is 8.42 Å². The molecular weight excluding hydrogens is 501 g/mol. The quantitative estimate of drug-likeness (QED) is 0.307. The lowest BCUT2D eigenvalue weighted by atomic mass is 10.2. The second-order valence-electron chi connectivity index (χ2n) is 6.49. The normalized spacial score (nSPS) is 11.3. The third-order valence-corrected chi connectivity index (χ3v) is 6.20. The maximum atomic E-state index is 12.3. The number of sulfonamides is 1. The van der Waals surface area contributed by atoms with Gasteiger partial charge in [-0.25, -0.2) is 18.1 Å². The van der Waals surface area contributed by atoms with Crippen molar-refractivity contribution in [3.8, 4) is 0 Å². The van der Waals surface area contributed by atoms with Gasteiger partial charge in [0.2, 0.25) is 16.0 Å². The number of aromatic nitrogens is 2. The van der Waals surface area contributed by atoms with Crippen LogP contribution in [-0.4, -0.2) is 31.5 Å². The molecule has 1 aromatic heterocycles. The predicted molar refractivity (Wildman–Crippen MR) is 124 cm³/mol. The maximum Gasteiger partial charge on any atom is 0.240 e. The second kappa shape index (κ2) is 9.51. The largest absolute Gasteiger partial charge is 0.353 e. The van der Waals surface area contributed by atoms with Crippen molar-refractivity contribution in [1.29, 1.82) is 0 Å². The van der Waals surface area contributed by atoms with E-state index in [2.05, 4.69) is 47.9 Å². The van der Waals surface area contributed by atoms with Crippen molar-refractivity contribution in [2.75, 3.05) is 23.7 Å². The molecule has 0 aliphatic rings. The van der Waals surface area contributed by atoms with Gasteiger partial charge in [0.15, 0.2) is 0 Å². The van der Waals surface area contributed by atoms with Gasteiger partial charge in [-0.1, -0.05) is 17.7 Å². The fourth-order valence-electron chi connectivity index (χ4n) is 2.55. The molecule has 0 spiro atoms. The highest BCUT2D eigenvalue weighted by Gasteiger charge is 2.12. The molecular formula is C20H22IN5O2S. The topological polar surface area (TPSA) is 96.0 Å². The van der Waals surface area contributed by atoms with Crippen LogP contribution in [0.3, 0.4) is 0 Å². The minimum absolute atomic E-state index is 0.215. The number of rotatable bonds is 8. The van der Waals surface area contributed by atoms with Crippen molar-refractivity contribution in [3.63, 3.8) is 0 Å². The Hall–Kier alpha value is -2.24. The maximum absolute atomic E-state index is 12.3. The van der Waals surface area contributed by atoms with Crippen LogP contribution in [0.25, 0.3) is 0 Å². The molecule has 0 amide bonds. The SMILES string of the molecule is Cc1ccc(Nc2cc(C)nc(NCCNS(=O)(=O)c3ccc(I)cc3)n2)cc1. The molecule has 0 radical (unpaired) electrons. The van der Waals surface area contributed by atoms with Crippen LogP contribution in [0, 0.1) is 17.4 Å². The van der Waals surface area contributed by atoms with E-state index in [4.69, 9.17) is 0 Å². The smallest absolute Gasteiger partial charge is 0.240 e. The zero-order valence-corrected chi connectivity index (χ0v) is 19.1. The molecule has 0 fully saturated rings. The van der Waals surface area contributed by atoms with Crippen LogP contribution in [0.2, 0.25) is 0 Å². The van der Waals surface area contributed by atoms with Crippen molar-refractivity contribution in [1.82, 2.24) is 14.7 Å². The molecule has 9 heteroatoms. The van der Waals surface area contributed by atoms with Crippen molar-refractivity contribution >= 4 is 50.1 Å². The monoisotopic (exact) mass is 523 g/mol. The zero-order chi connectivity index (χ0) is 20.9. The molecule has 7 nitrogen and oxygen atoms in total. The number of hydrogen-bond acceptors (Lipinski definition) is 6. The molecule has 3 rings (SSSR count). The lowest BCUT2D eigenvalue weighted by Gasteiger charge is -2.11. The molecule has 0 aliphatic heterocycles. The first-order valence-electron chi connectivity index (χ1n) is 9.00. The van der Waals surface area contributed by atoms with E-state index in [1.165, 1.54) is 5.56 Å². The summed E-state index contributed by atoms with van der Waals surface area (Å²) in [6, 6.07) is 16.6. The fourth-order valence-corrected chi connectivity index (χ4v) is 3.94. The van der Waals surface area contributed by atoms with Crippen LogP contribution in [0.5, 0.6) is 0 Å². The van der Waals surface area contributed by atoms with Crippen LogP contribution >= 0.6 is 22.6 Å². The van der Waals surface area contributed by atoms with Crippen molar-refractivity contribution < 1.29 is 8.42 Å². The van der Waals surface area contributed by atoms with Gasteiger partial charge in [0, 0.05) is 34.1 Å².